The van der Waals surface area contributed by atoms with E-state index >= 15 is 0 Å². The van der Waals surface area contributed by atoms with Crippen molar-refractivity contribution >= 4 is 5.97 Å². The molecule has 0 unspecified atom stereocenters. The molecule has 11 heteroatoms. The minimum atomic E-state index is -2.45. The number of carbonyl (C=O) groups excluding carboxylic acids is 1. The predicted molar refractivity (Wildman–Crippen MR) is 156 cm³/mol. The van der Waals surface area contributed by atoms with Crippen LogP contribution in [0.1, 0.15) is 69.5 Å². The molecule has 0 bridgehead atoms. The Labute approximate surface area is 253 Å². The summed E-state index contributed by atoms with van der Waals surface area (Å²) in [5.41, 5.74) is -1.98. The lowest BCUT2D eigenvalue weighted by Gasteiger charge is -2.39. The van der Waals surface area contributed by atoms with Crippen LogP contribution in [0.2, 0.25) is 0 Å². The van der Waals surface area contributed by atoms with Gasteiger partial charge in [-0.05, 0) is 31.2 Å². The fourth-order valence-electron chi connectivity index (χ4n) is 5.15. The van der Waals surface area contributed by atoms with Crippen molar-refractivity contribution in [1.82, 2.24) is 0 Å². The molecule has 11 nitrogen and oxygen atoms in total. The van der Waals surface area contributed by atoms with Crippen LogP contribution in [0.5, 0.6) is 23.0 Å². The quantitative estimate of drug-likeness (QED) is 0.381. The molecule has 0 spiro atoms. The Morgan fingerprint density at radius 1 is 0.721 bits per heavy atom. The largest absolute Gasteiger partial charge is 0.493 e. The van der Waals surface area contributed by atoms with Gasteiger partial charge in [-0.15, -0.1) is 0 Å². The van der Waals surface area contributed by atoms with Gasteiger partial charge in [0.25, 0.3) is 0 Å². The Morgan fingerprint density at radius 3 is 1.35 bits per heavy atom. The molecule has 0 aliphatic carbocycles. The van der Waals surface area contributed by atoms with Crippen LogP contribution in [0, 0.1) is 10.8 Å². The topological polar surface area (TPSA) is 120 Å². The van der Waals surface area contributed by atoms with Gasteiger partial charge in [-0.3, -0.25) is 0 Å². The summed E-state index contributed by atoms with van der Waals surface area (Å²) in [4.78, 5) is 14.1. The second kappa shape index (κ2) is 12.9. The summed E-state index contributed by atoms with van der Waals surface area (Å²) < 4.78 is 52.5. The summed E-state index contributed by atoms with van der Waals surface area (Å²) in [5.74, 6) is 0.323. The third kappa shape index (κ3) is 6.56. The predicted octanol–water partition coefficient (Wildman–Crippen LogP) is 4.66. The van der Waals surface area contributed by atoms with Gasteiger partial charge < -0.3 is 47.7 Å². The lowest BCUT2D eigenvalue weighted by molar-refractivity contribution is -0.228. The van der Waals surface area contributed by atoms with Crippen molar-refractivity contribution in [2.75, 3.05) is 61.5 Å². The van der Waals surface area contributed by atoms with Gasteiger partial charge in [-0.25, -0.2) is 4.79 Å². The van der Waals surface area contributed by atoms with Crippen molar-refractivity contribution in [3.05, 3.63) is 46.5 Å². The van der Waals surface area contributed by atoms with Gasteiger partial charge in [-0.1, -0.05) is 27.7 Å². The first-order valence-corrected chi connectivity index (χ1v) is 14.2. The monoisotopic (exact) mass is 604 g/mol. The smallest absolute Gasteiger partial charge is 0.347 e. The normalized spacial score (nSPS) is 19.0. The average Bonchev–Trinajstić information content (AvgIpc) is 2.99. The molecule has 0 radical (unpaired) electrons. The SMILES string of the molecule is CCOC(=O)C(O)(c1cc(OC)c(OC)cc1C1OCC(C)(C)CO1)c1cc(OC)c(OC)cc1C1OCC(C)(C)CO1. The highest BCUT2D eigenvalue weighted by Gasteiger charge is 2.49. The van der Waals surface area contributed by atoms with E-state index < -0.39 is 24.2 Å². The molecule has 2 aliphatic rings. The molecule has 1 N–H and O–H groups in total. The number of esters is 1. The Morgan fingerprint density at radius 2 is 1.05 bits per heavy atom. The number of carbonyl (C=O) groups is 1. The van der Waals surface area contributed by atoms with Crippen molar-refractivity contribution in [1.29, 1.82) is 0 Å². The van der Waals surface area contributed by atoms with E-state index in [4.69, 9.17) is 42.6 Å². The van der Waals surface area contributed by atoms with Crippen LogP contribution in [-0.4, -0.2) is 72.5 Å². The van der Waals surface area contributed by atoms with E-state index in [2.05, 4.69) is 0 Å². The molecule has 0 atom stereocenters. The van der Waals surface area contributed by atoms with Gasteiger partial charge in [0.1, 0.15) is 0 Å². The first kappa shape index (κ1) is 32.8. The van der Waals surface area contributed by atoms with E-state index in [1.165, 1.54) is 40.6 Å². The van der Waals surface area contributed by atoms with Crippen LogP contribution < -0.4 is 18.9 Å². The molecule has 2 aliphatic heterocycles. The van der Waals surface area contributed by atoms with Gasteiger partial charge in [0.2, 0.25) is 5.60 Å². The van der Waals surface area contributed by atoms with E-state index in [0.29, 0.717) is 49.1 Å². The summed E-state index contributed by atoms with van der Waals surface area (Å²) in [6.07, 6.45) is -1.87. The highest BCUT2D eigenvalue weighted by Crippen LogP contribution is 2.48. The van der Waals surface area contributed by atoms with Crippen molar-refractivity contribution in [2.45, 2.75) is 52.8 Å². The maximum Gasteiger partial charge on any atom is 0.347 e. The summed E-state index contributed by atoms with van der Waals surface area (Å²) in [6.45, 7) is 11.3. The summed E-state index contributed by atoms with van der Waals surface area (Å²) >= 11 is 0. The fourth-order valence-corrected chi connectivity index (χ4v) is 5.15. The van der Waals surface area contributed by atoms with E-state index in [1.54, 1.807) is 19.1 Å². The highest BCUT2D eigenvalue weighted by atomic mass is 16.7. The number of methoxy groups -OCH3 is 4. The number of ether oxygens (including phenoxy) is 9. The first-order valence-electron chi connectivity index (χ1n) is 14.2. The number of benzene rings is 2. The molecule has 4 rings (SSSR count). The van der Waals surface area contributed by atoms with Crippen LogP contribution in [0.15, 0.2) is 24.3 Å². The second-order valence-corrected chi connectivity index (χ2v) is 12.3. The lowest BCUT2D eigenvalue weighted by atomic mass is 9.80. The Balaban J connectivity index is 2.03. The van der Waals surface area contributed by atoms with Gasteiger partial charge in [-0.2, -0.15) is 0 Å². The Kier molecular flexibility index (Phi) is 9.82. The van der Waals surface area contributed by atoms with E-state index in [9.17, 15) is 9.90 Å². The Hall–Kier alpha value is -3.09. The van der Waals surface area contributed by atoms with Gasteiger partial charge in [0, 0.05) is 33.1 Å². The summed E-state index contributed by atoms with van der Waals surface area (Å²) in [7, 11) is 5.93. The van der Waals surface area contributed by atoms with Crippen molar-refractivity contribution in [3.63, 3.8) is 0 Å². The van der Waals surface area contributed by atoms with Crippen LogP contribution in [-0.2, 0) is 34.1 Å². The van der Waals surface area contributed by atoms with Crippen molar-refractivity contribution < 1.29 is 52.5 Å². The van der Waals surface area contributed by atoms with Crippen molar-refractivity contribution in [3.8, 4) is 23.0 Å². The standard InChI is InChI=1S/C32H44O11/c1-10-39-29(33)32(34,21-13-25(37-8)23(35-6)11-19(21)27-40-15-30(2,3)16-41-27)22-14-26(38-9)24(36-7)12-20(22)28-42-17-31(4,5)18-43-28/h11-14,27-28,34H,10,15-18H2,1-9H3. The molecule has 2 saturated heterocycles. The Bertz CT molecular complexity index is 1200. The average molecular weight is 605 g/mol. The second-order valence-electron chi connectivity index (χ2n) is 12.3. The van der Waals surface area contributed by atoms with Gasteiger partial charge in [0.15, 0.2) is 35.6 Å². The van der Waals surface area contributed by atoms with Crippen molar-refractivity contribution in [2.24, 2.45) is 10.8 Å². The van der Waals surface area contributed by atoms with Crippen LogP contribution in [0.3, 0.4) is 0 Å². The number of hydrogen-bond acceptors (Lipinski definition) is 11. The molecular weight excluding hydrogens is 560 g/mol. The van der Waals surface area contributed by atoms with E-state index in [0.717, 1.165) is 0 Å². The summed E-state index contributed by atoms with van der Waals surface area (Å²) in [6, 6.07) is 6.34. The molecule has 0 saturated carbocycles. The molecule has 2 aromatic rings. The zero-order valence-electron chi connectivity index (χ0n) is 26.5. The van der Waals surface area contributed by atoms with Crippen LogP contribution >= 0.6 is 0 Å². The number of rotatable bonds is 10. The molecule has 0 aromatic heterocycles. The third-order valence-corrected chi connectivity index (χ3v) is 7.47. The highest BCUT2D eigenvalue weighted by molar-refractivity contribution is 5.87. The molecule has 43 heavy (non-hydrogen) atoms. The third-order valence-electron chi connectivity index (χ3n) is 7.47. The minimum Gasteiger partial charge on any atom is -0.493 e. The minimum absolute atomic E-state index is 0.00161. The lowest BCUT2D eigenvalue weighted by Crippen LogP contribution is -2.43. The van der Waals surface area contributed by atoms with Crippen LogP contribution in [0.25, 0.3) is 0 Å². The molecule has 0 amide bonds. The molecule has 2 heterocycles. The number of hydrogen-bond donors (Lipinski definition) is 1. The number of aliphatic hydroxyl groups is 1. The zero-order valence-corrected chi connectivity index (χ0v) is 26.5. The molecule has 238 valence electrons. The van der Waals surface area contributed by atoms with E-state index in [-0.39, 0.29) is 40.1 Å². The maximum atomic E-state index is 14.1. The first-order chi connectivity index (χ1) is 20.3. The fraction of sp³-hybridized carbons (Fsp3) is 0.594. The van der Waals surface area contributed by atoms with Gasteiger partial charge in [0.05, 0.1) is 61.5 Å². The molecule has 2 aromatic carbocycles. The summed E-state index contributed by atoms with van der Waals surface area (Å²) in [5, 5.41) is 12.9. The molecular formula is C32H44O11. The maximum absolute atomic E-state index is 14.1. The van der Waals surface area contributed by atoms with Gasteiger partial charge >= 0.3 is 5.97 Å². The zero-order chi connectivity index (χ0) is 31.6. The molecule has 2 fully saturated rings. The van der Waals surface area contributed by atoms with E-state index in [1.807, 2.05) is 27.7 Å². The van der Waals surface area contributed by atoms with Crippen LogP contribution in [0.4, 0.5) is 0 Å².